The van der Waals surface area contributed by atoms with E-state index in [0.29, 0.717) is 17.7 Å². The smallest absolute Gasteiger partial charge is 0.373 e. The van der Waals surface area contributed by atoms with Crippen LogP contribution in [0.3, 0.4) is 0 Å². The summed E-state index contributed by atoms with van der Waals surface area (Å²) in [6.45, 7) is 5.85. The molecule has 0 aliphatic heterocycles. The highest BCUT2D eigenvalue weighted by Gasteiger charge is 2.19. The predicted molar refractivity (Wildman–Crippen MR) is 95.6 cm³/mol. The molecule has 7 nitrogen and oxygen atoms in total. The Hall–Kier alpha value is -2.74. The van der Waals surface area contributed by atoms with Crippen molar-refractivity contribution < 1.29 is 33.9 Å². The SMILES string of the molecule is CCOCC(OOC(=O)c1ccc(C)cc1)OOC(=O)c1ccc(C)cc1. The van der Waals surface area contributed by atoms with Crippen LogP contribution in [-0.2, 0) is 24.3 Å². The Balaban J connectivity index is 1.88. The summed E-state index contributed by atoms with van der Waals surface area (Å²) >= 11 is 0. The number of ether oxygens (including phenoxy) is 1. The van der Waals surface area contributed by atoms with Gasteiger partial charge in [0.15, 0.2) is 0 Å². The van der Waals surface area contributed by atoms with Gasteiger partial charge < -0.3 is 4.74 Å². The Labute approximate surface area is 157 Å². The van der Waals surface area contributed by atoms with Crippen molar-refractivity contribution in [3.8, 4) is 0 Å². The summed E-state index contributed by atoms with van der Waals surface area (Å²) < 4.78 is 5.17. The van der Waals surface area contributed by atoms with Crippen molar-refractivity contribution in [3.63, 3.8) is 0 Å². The van der Waals surface area contributed by atoms with Crippen LogP contribution in [0.4, 0.5) is 0 Å². The Morgan fingerprint density at radius 2 is 1.19 bits per heavy atom. The molecule has 0 heterocycles. The van der Waals surface area contributed by atoms with Gasteiger partial charge in [-0.2, -0.15) is 0 Å². The molecule has 0 aliphatic carbocycles. The van der Waals surface area contributed by atoms with Gasteiger partial charge >= 0.3 is 11.9 Å². The Bertz CT molecular complexity index is 676. The van der Waals surface area contributed by atoms with Crippen LogP contribution in [0.1, 0.15) is 38.8 Å². The molecule has 0 radical (unpaired) electrons. The maximum absolute atomic E-state index is 12.0. The normalized spacial score (nSPS) is 10.7. The lowest BCUT2D eigenvalue weighted by atomic mass is 10.2. The average Bonchev–Trinajstić information content (AvgIpc) is 2.68. The number of hydrogen-bond donors (Lipinski definition) is 0. The largest absolute Gasteiger partial charge is 0.376 e. The molecule has 0 aromatic heterocycles. The van der Waals surface area contributed by atoms with Gasteiger partial charge in [0.05, 0.1) is 11.1 Å². The topological polar surface area (TPSA) is 80.3 Å². The van der Waals surface area contributed by atoms with Crippen molar-refractivity contribution in [2.24, 2.45) is 0 Å². The third-order valence-corrected chi connectivity index (χ3v) is 3.49. The first-order valence-corrected chi connectivity index (χ1v) is 8.46. The number of carbonyl (C=O) groups is 2. The molecule has 0 unspecified atom stereocenters. The van der Waals surface area contributed by atoms with Crippen molar-refractivity contribution >= 4 is 11.9 Å². The second kappa shape index (κ2) is 10.4. The molecule has 7 heteroatoms. The molecule has 144 valence electrons. The van der Waals surface area contributed by atoms with E-state index in [4.69, 9.17) is 24.3 Å². The van der Waals surface area contributed by atoms with Crippen LogP contribution in [0, 0.1) is 13.8 Å². The molecule has 0 bridgehead atoms. The highest BCUT2D eigenvalue weighted by molar-refractivity contribution is 5.89. The monoisotopic (exact) mass is 374 g/mol. The van der Waals surface area contributed by atoms with Gasteiger partial charge in [0.2, 0.25) is 0 Å². The average molecular weight is 374 g/mol. The van der Waals surface area contributed by atoms with Crippen molar-refractivity contribution in [1.82, 2.24) is 0 Å². The van der Waals surface area contributed by atoms with Gasteiger partial charge in [-0.25, -0.2) is 9.59 Å². The molecule has 0 fully saturated rings. The maximum atomic E-state index is 12.0. The fraction of sp³-hybridized carbons (Fsp3) is 0.300. The first-order chi connectivity index (χ1) is 13.0. The fourth-order valence-corrected chi connectivity index (χ4v) is 1.96. The zero-order valence-electron chi connectivity index (χ0n) is 15.5. The molecule has 2 rings (SSSR count). The molecule has 0 saturated heterocycles. The van der Waals surface area contributed by atoms with Crippen molar-refractivity contribution in [2.45, 2.75) is 27.1 Å². The van der Waals surface area contributed by atoms with Crippen molar-refractivity contribution in [2.75, 3.05) is 13.2 Å². The molecule has 0 atom stereocenters. The summed E-state index contributed by atoms with van der Waals surface area (Å²) in [5.74, 6) is -1.41. The third-order valence-electron chi connectivity index (χ3n) is 3.49. The van der Waals surface area contributed by atoms with Gasteiger partial charge in [-0.1, -0.05) is 35.4 Å². The number of benzene rings is 2. The number of rotatable bonds is 9. The Morgan fingerprint density at radius 1 is 0.778 bits per heavy atom. The first kappa shape index (κ1) is 20.6. The zero-order valence-corrected chi connectivity index (χ0v) is 15.5. The van der Waals surface area contributed by atoms with Gasteiger partial charge in [0.1, 0.15) is 6.61 Å². The minimum absolute atomic E-state index is 0.0984. The van der Waals surface area contributed by atoms with E-state index in [1.807, 2.05) is 13.8 Å². The third kappa shape index (κ3) is 6.82. The number of carbonyl (C=O) groups excluding carboxylic acids is 2. The van der Waals surface area contributed by atoms with E-state index in [0.717, 1.165) is 11.1 Å². The van der Waals surface area contributed by atoms with Crippen LogP contribution in [0.15, 0.2) is 48.5 Å². The number of hydrogen-bond acceptors (Lipinski definition) is 7. The Kier molecular flexibility index (Phi) is 7.94. The summed E-state index contributed by atoms with van der Waals surface area (Å²) in [6.07, 6.45) is -1.23. The summed E-state index contributed by atoms with van der Waals surface area (Å²) in [4.78, 5) is 43.3. The van der Waals surface area contributed by atoms with Crippen LogP contribution in [-0.4, -0.2) is 31.4 Å². The molecule has 2 aromatic carbocycles. The molecule has 0 amide bonds. The van der Waals surface area contributed by atoms with Gasteiger partial charge in [-0.3, -0.25) is 9.78 Å². The molecule has 0 N–H and O–H groups in total. The van der Waals surface area contributed by atoms with E-state index in [9.17, 15) is 9.59 Å². The molecular formula is C20H22O7. The molecule has 27 heavy (non-hydrogen) atoms. The molecular weight excluding hydrogens is 352 g/mol. The summed E-state index contributed by atoms with van der Waals surface area (Å²) in [7, 11) is 0. The van der Waals surface area contributed by atoms with Crippen LogP contribution < -0.4 is 0 Å². The second-order valence-corrected chi connectivity index (χ2v) is 5.76. The minimum Gasteiger partial charge on any atom is -0.376 e. The van der Waals surface area contributed by atoms with E-state index in [-0.39, 0.29) is 6.61 Å². The highest BCUT2D eigenvalue weighted by atomic mass is 17.3. The summed E-state index contributed by atoms with van der Waals surface area (Å²) in [5.41, 5.74) is 2.64. The van der Waals surface area contributed by atoms with E-state index in [1.165, 1.54) is 0 Å². The van der Waals surface area contributed by atoms with E-state index < -0.39 is 18.2 Å². The van der Waals surface area contributed by atoms with Crippen LogP contribution in [0.2, 0.25) is 0 Å². The van der Waals surface area contributed by atoms with Crippen LogP contribution in [0.25, 0.3) is 0 Å². The van der Waals surface area contributed by atoms with E-state index in [1.54, 1.807) is 55.5 Å². The van der Waals surface area contributed by atoms with Crippen molar-refractivity contribution in [1.29, 1.82) is 0 Å². The molecule has 0 saturated carbocycles. The highest BCUT2D eigenvalue weighted by Crippen LogP contribution is 2.09. The maximum Gasteiger partial charge on any atom is 0.373 e. The quantitative estimate of drug-likeness (QED) is 0.377. The first-order valence-electron chi connectivity index (χ1n) is 8.46. The van der Waals surface area contributed by atoms with Crippen LogP contribution in [0.5, 0.6) is 0 Å². The lowest BCUT2D eigenvalue weighted by Gasteiger charge is -2.15. The predicted octanol–water partition coefficient (Wildman–Crippen LogP) is 3.54. The minimum atomic E-state index is -1.23. The lowest BCUT2D eigenvalue weighted by Crippen LogP contribution is -2.26. The van der Waals surface area contributed by atoms with Gasteiger partial charge in [0, 0.05) is 6.61 Å². The zero-order chi connectivity index (χ0) is 19.6. The standard InChI is InChI=1S/C20H22O7/c1-4-23-13-18(24-26-19(21)16-9-5-14(2)6-10-16)25-27-20(22)17-11-7-15(3)8-12-17/h5-12,18H,4,13H2,1-3H3. The van der Waals surface area contributed by atoms with E-state index >= 15 is 0 Å². The van der Waals surface area contributed by atoms with Crippen LogP contribution >= 0.6 is 0 Å². The lowest BCUT2D eigenvalue weighted by molar-refractivity contribution is -0.426. The number of aryl methyl sites for hydroxylation is 2. The second-order valence-electron chi connectivity index (χ2n) is 5.76. The Morgan fingerprint density at radius 3 is 1.56 bits per heavy atom. The summed E-state index contributed by atoms with van der Waals surface area (Å²) in [5, 5.41) is 0. The van der Waals surface area contributed by atoms with Gasteiger partial charge in [0.25, 0.3) is 6.29 Å². The molecule has 0 aliphatic rings. The van der Waals surface area contributed by atoms with Gasteiger partial charge in [-0.15, -0.1) is 9.78 Å². The summed E-state index contributed by atoms with van der Waals surface area (Å²) in [6, 6.07) is 13.5. The van der Waals surface area contributed by atoms with E-state index in [2.05, 4.69) is 0 Å². The van der Waals surface area contributed by atoms with Gasteiger partial charge in [-0.05, 0) is 45.0 Å². The molecule has 0 spiro atoms. The molecule has 2 aromatic rings. The van der Waals surface area contributed by atoms with Crippen molar-refractivity contribution in [3.05, 3.63) is 70.8 Å². The fourth-order valence-electron chi connectivity index (χ4n) is 1.96.